The minimum absolute atomic E-state index is 0.249. The van der Waals surface area contributed by atoms with E-state index in [0.29, 0.717) is 10.7 Å². The summed E-state index contributed by atoms with van der Waals surface area (Å²) in [5.41, 5.74) is 3.98. The second-order valence-electron chi connectivity index (χ2n) is 5.67. The molecule has 2 N–H and O–H groups in total. The number of nitrogens with zero attached hydrogens (tertiary/aromatic N) is 2. The smallest absolute Gasteiger partial charge is 0.292 e. The molecule has 0 atom stereocenters. The number of carbonyl (C=O) groups is 1. The van der Waals surface area contributed by atoms with Gasteiger partial charge in [0.15, 0.2) is 0 Å². The Labute approximate surface area is 139 Å². The van der Waals surface area contributed by atoms with Crippen molar-refractivity contribution < 1.29 is 4.79 Å². The van der Waals surface area contributed by atoms with Gasteiger partial charge in [-0.15, -0.1) is 0 Å². The van der Waals surface area contributed by atoms with Gasteiger partial charge in [0.1, 0.15) is 5.66 Å². The van der Waals surface area contributed by atoms with E-state index in [9.17, 15) is 4.79 Å². The standard InChI is InChI=1S/C17H17ClN4O/c1-17(2)20-15(21-22(17)12-8-4-3-5-9-12)16(23)19-14-11-7-6-10-13(14)18/h3-11H,1-2H3,(H,19,23)(H,20,21). The van der Waals surface area contributed by atoms with Crippen LogP contribution < -0.4 is 15.8 Å². The van der Waals surface area contributed by atoms with Crippen molar-refractivity contribution in [1.29, 1.82) is 0 Å². The van der Waals surface area contributed by atoms with Crippen molar-refractivity contribution in [2.24, 2.45) is 4.99 Å². The first-order valence-corrected chi connectivity index (χ1v) is 7.63. The van der Waals surface area contributed by atoms with Gasteiger partial charge in [0.05, 0.1) is 16.4 Å². The largest absolute Gasteiger partial charge is 0.318 e. The quantitative estimate of drug-likeness (QED) is 0.907. The molecule has 2 aromatic rings. The maximum Gasteiger partial charge on any atom is 0.292 e. The van der Waals surface area contributed by atoms with Gasteiger partial charge in [-0.05, 0) is 38.1 Å². The Morgan fingerprint density at radius 3 is 2.48 bits per heavy atom. The fourth-order valence-electron chi connectivity index (χ4n) is 2.39. The molecule has 0 radical (unpaired) electrons. The minimum atomic E-state index is -0.575. The number of amides is 1. The summed E-state index contributed by atoms with van der Waals surface area (Å²) < 4.78 is 0. The number of halogens is 1. The van der Waals surface area contributed by atoms with Gasteiger partial charge < -0.3 is 5.32 Å². The zero-order chi connectivity index (χ0) is 16.4. The van der Waals surface area contributed by atoms with Crippen LogP contribution in [-0.4, -0.2) is 17.4 Å². The highest BCUT2D eigenvalue weighted by atomic mass is 35.5. The second-order valence-corrected chi connectivity index (χ2v) is 6.08. The lowest BCUT2D eigenvalue weighted by Gasteiger charge is -2.30. The van der Waals surface area contributed by atoms with Crippen molar-refractivity contribution in [3.8, 4) is 0 Å². The highest BCUT2D eigenvalue weighted by Crippen LogP contribution is 2.27. The number of hydrogen-bond donors (Lipinski definition) is 2. The predicted molar refractivity (Wildman–Crippen MR) is 93.7 cm³/mol. The average molecular weight is 329 g/mol. The highest BCUT2D eigenvalue weighted by molar-refractivity contribution is 6.44. The van der Waals surface area contributed by atoms with Crippen LogP contribution in [0.1, 0.15) is 13.8 Å². The van der Waals surface area contributed by atoms with Crippen LogP contribution in [0, 0.1) is 0 Å². The van der Waals surface area contributed by atoms with Gasteiger partial charge in [-0.1, -0.05) is 41.9 Å². The minimum Gasteiger partial charge on any atom is -0.318 e. The lowest BCUT2D eigenvalue weighted by Crippen LogP contribution is -2.48. The van der Waals surface area contributed by atoms with Crippen molar-refractivity contribution in [3.63, 3.8) is 0 Å². The molecule has 0 fully saturated rings. The van der Waals surface area contributed by atoms with Crippen LogP contribution in [0.2, 0.25) is 5.02 Å². The number of nitrogens with one attached hydrogen (secondary N) is 2. The Bertz CT molecular complexity index is 758. The molecule has 2 aromatic carbocycles. The van der Waals surface area contributed by atoms with Crippen LogP contribution in [-0.2, 0) is 4.79 Å². The first-order valence-electron chi connectivity index (χ1n) is 7.25. The Morgan fingerprint density at radius 1 is 1.13 bits per heavy atom. The number of hydrazine groups is 1. The van der Waals surface area contributed by atoms with Gasteiger partial charge in [-0.3, -0.25) is 15.2 Å². The van der Waals surface area contributed by atoms with Gasteiger partial charge >= 0.3 is 0 Å². The summed E-state index contributed by atoms with van der Waals surface area (Å²) in [4.78, 5) is 16.9. The molecule has 0 aromatic heterocycles. The van der Waals surface area contributed by atoms with Gasteiger partial charge in [-0.25, -0.2) is 4.99 Å². The fraction of sp³-hybridized carbons (Fsp3) is 0.176. The Balaban J connectivity index is 1.79. The van der Waals surface area contributed by atoms with Gasteiger partial charge in [0, 0.05) is 0 Å². The van der Waals surface area contributed by atoms with E-state index in [1.807, 2.05) is 61.3 Å². The predicted octanol–water partition coefficient (Wildman–Crippen LogP) is 3.44. The molecule has 1 amide bonds. The number of hydrogen-bond acceptors (Lipinski definition) is 4. The molecule has 23 heavy (non-hydrogen) atoms. The molecule has 3 rings (SSSR count). The molecule has 0 saturated heterocycles. The third-order valence-corrected chi connectivity index (χ3v) is 3.83. The Hall–Kier alpha value is -2.53. The molecule has 5 nitrogen and oxygen atoms in total. The van der Waals surface area contributed by atoms with E-state index < -0.39 is 5.66 Å². The topological polar surface area (TPSA) is 56.7 Å². The normalized spacial score (nSPS) is 15.8. The maximum atomic E-state index is 12.4. The molecule has 0 spiro atoms. The monoisotopic (exact) mass is 328 g/mol. The van der Waals surface area contributed by atoms with Crippen molar-refractivity contribution >= 4 is 34.7 Å². The van der Waals surface area contributed by atoms with Crippen molar-refractivity contribution in [2.75, 3.05) is 10.3 Å². The zero-order valence-electron chi connectivity index (χ0n) is 12.9. The number of benzene rings is 2. The zero-order valence-corrected chi connectivity index (χ0v) is 13.6. The molecule has 0 unspecified atom stereocenters. The van der Waals surface area contributed by atoms with Gasteiger partial charge in [-0.2, -0.15) is 0 Å². The third-order valence-electron chi connectivity index (χ3n) is 3.50. The summed E-state index contributed by atoms with van der Waals surface area (Å²) in [6.07, 6.45) is 0. The summed E-state index contributed by atoms with van der Waals surface area (Å²) in [5, 5.41) is 5.11. The van der Waals surface area contributed by atoms with E-state index in [1.165, 1.54) is 0 Å². The number of amidine groups is 1. The van der Waals surface area contributed by atoms with E-state index in [0.717, 1.165) is 5.69 Å². The molecule has 6 heteroatoms. The lowest BCUT2D eigenvalue weighted by molar-refractivity contribution is -0.110. The van der Waals surface area contributed by atoms with E-state index in [2.05, 4.69) is 15.7 Å². The van der Waals surface area contributed by atoms with Gasteiger partial charge in [0.2, 0.25) is 5.84 Å². The summed E-state index contributed by atoms with van der Waals surface area (Å²) in [5.74, 6) is -0.0802. The van der Waals surface area contributed by atoms with Crippen molar-refractivity contribution in [2.45, 2.75) is 19.5 Å². The fourth-order valence-corrected chi connectivity index (χ4v) is 2.58. The Kier molecular flexibility index (Phi) is 3.96. The van der Waals surface area contributed by atoms with Crippen LogP contribution in [0.5, 0.6) is 0 Å². The molecule has 0 bridgehead atoms. The second kappa shape index (κ2) is 5.93. The van der Waals surface area contributed by atoms with Crippen LogP contribution in [0.4, 0.5) is 11.4 Å². The van der Waals surface area contributed by atoms with E-state index in [-0.39, 0.29) is 11.7 Å². The lowest BCUT2D eigenvalue weighted by atomic mass is 10.2. The number of anilines is 2. The van der Waals surface area contributed by atoms with Crippen LogP contribution in [0.3, 0.4) is 0 Å². The summed E-state index contributed by atoms with van der Waals surface area (Å²) in [7, 11) is 0. The Morgan fingerprint density at radius 2 is 1.78 bits per heavy atom. The average Bonchev–Trinajstić information content (AvgIpc) is 2.86. The third kappa shape index (κ3) is 3.14. The molecule has 118 valence electrons. The number of rotatable bonds is 3. The molecule has 1 aliphatic heterocycles. The van der Waals surface area contributed by atoms with Crippen molar-refractivity contribution in [1.82, 2.24) is 5.43 Å². The molecule has 0 aliphatic carbocycles. The van der Waals surface area contributed by atoms with E-state index in [4.69, 9.17) is 11.6 Å². The number of para-hydroxylation sites is 2. The van der Waals surface area contributed by atoms with E-state index >= 15 is 0 Å². The summed E-state index contributed by atoms with van der Waals surface area (Å²) in [6.45, 7) is 3.87. The van der Waals surface area contributed by atoms with Crippen LogP contribution in [0.25, 0.3) is 0 Å². The number of aliphatic imine (C=N–C) groups is 1. The van der Waals surface area contributed by atoms with E-state index in [1.54, 1.807) is 12.1 Å². The summed E-state index contributed by atoms with van der Waals surface area (Å²) >= 11 is 6.07. The molecule has 0 saturated carbocycles. The van der Waals surface area contributed by atoms with Crippen LogP contribution in [0.15, 0.2) is 59.6 Å². The van der Waals surface area contributed by atoms with Gasteiger partial charge in [0.25, 0.3) is 5.91 Å². The summed E-state index contributed by atoms with van der Waals surface area (Å²) in [6, 6.07) is 16.8. The first kappa shape index (κ1) is 15.4. The molecule has 1 heterocycles. The molecule has 1 aliphatic rings. The van der Waals surface area contributed by atoms with Crippen LogP contribution >= 0.6 is 11.6 Å². The molecular weight excluding hydrogens is 312 g/mol. The SMILES string of the molecule is CC1(C)N=C(C(=O)Nc2ccccc2Cl)NN1c1ccccc1. The first-order chi connectivity index (χ1) is 11.0. The van der Waals surface area contributed by atoms with Crippen molar-refractivity contribution in [3.05, 3.63) is 59.6 Å². The number of carbonyl (C=O) groups excluding carboxylic acids is 1. The highest BCUT2D eigenvalue weighted by Gasteiger charge is 2.36. The molecular formula is C17H17ClN4O. The maximum absolute atomic E-state index is 12.4.